The van der Waals surface area contributed by atoms with Gasteiger partial charge in [0.25, 0.3) is 0 Å². The summed E-state index contributed by atoms with van der Waals surface area (Å²) >= 11 is -4.02. The third-order valence-electron chi connectivity index (χ3n) is 3.15. The maximum atomic E-state index is 6.03. The molecule has 0 aliphatic heterocycles. The summed E-state index contributed by atoms with van der Waals surface area (Å²) in [6.45, 7) is 8.50. The molecule has 0 aliphatic carbocycles. The molecule has 0 rings (SSSR count). The third kappa shape index (κ3) is 21.0. The van der Waals surface area contributed by atoms with E-state index in [1.807, 2.05) is 0 Å². The third-order valence-corrected chi connectivity index (χ3v) is 14.4. The molecule has 0 unspecified atom stereocenters. The average Bonchev–Trinajstić information content (AvgIpc) is 2.35. The molecule has 0 atom stereocenters. The van der Waals surface area contributed by atoms with Gasteiger partial charge >= 0.3 is 45.5 Å². The first-order chi connectivity index (χ1) is 8.24. The van der Waals surface area contributed by atoms with Gasteiger partial charge in [-0.1, -0.05) is 53.4 Å². The van der Waals surface area contributed by atoms with Crippen molar-refractivity contribution in [2.45, 2.75) is 74.5 Å². The monoisotopic (exact) mass is 390 g/mol. The Hall–Kier alpha value is 2.99. The van der Waals surface area contributed by atoms with Gasteiger partial charge in [-0.3, -0.25) is 0 Å². The Morgan fingerprint density at radius 3 is 1.05 bits per heavy atom. The van der Waals surface area contributed by atoms with Crippen LogP contribution in [0.3, 0.4) is 0 Å². The predicted octanol–water partition coefficient (Wildman–Crippen LogP) is 7.07. The minimum atomic E-state index is -2.01. The molecule has 0 N–H and O–H groups in total. The molecule has 0 heterocycles. The van der Waals surface area contributed by atoms with E-state index >= 15 is 0 Å². The van der Waals surface area contributed by atoms with Gasteiger partial charge in [-0.25, -0.2) is 0 Å². The van der Waals surface area contributed by atoms with Crippen LogP contribution < -0.4 is 0 Å². The quantitative estimate of drug-likeness (QED) is 0.388. The van der Waals surface area contributed by atoms with Crippen molar-refractivity contribution in [2.24, 2.45) is 0 Å². The molecule has 19 heavy (non-hydrogen) atoms. The second-order valence-corrected chi connectivity index (χ2v) is 23.2. The molecule has 0 aromatic rings. The fraction of sp³-hybridized carbons (Fsp3) is 1.00. The van der Waals surface area contributed by atoms with Crippen molar-refractivity contribution < 1.29 is 0 Å². The smallest absolute Gasteiger partial charge is 0.423 e. The maximum Gasteiger partial charge on any atom is 2.00 e. The topological polar surface area (TPSA) is 0 Å². The van der Waals surface area contributed by atoms with Crippen LogP contribution in [0.1, 0.15) is 53.4 Å². The first-order valence-electron chi connectivity index (χ1n) is 7.33. The van der Waals surface area contributed by atoms with E-state index in [-0.39, 0.29) is 23.1 Å². The molecule has 0 aromatic carbocycles. The average molecular weight is 392 g/mol. The van der Waals surface area contributed by atoms with Gasteiger partial charge in [0.2, 0.25) is 0 Å². The van der Waals surface area contributed by atoms with Gasteiger partial charge in [0.15, 0.2) is 0 Å². The predicted molar refractivity (Wildman–Crippen MR) is 101 cm³/mol. The zero-order valence-corrected chi connectivity index (χ0v) is 19.8. The summed E-state index contributed by atoms with van der Waals surface area (Å²) in [6.07, 6.45) is 4.82. The number of hydrogen-bond donors (Lipinski definition) is 0. The van der Waals surface area contributed by atoms with Crippen molar-refractivity contribution in [3.8, 4) is 0 Å². The Labute approximate surface area is 158 Å². The Balaban J connectivity index is -0.000000256. The molecular formula is C12H28Al2Cl4Mg. The van der Waals surface area contributed by atoms with Crippen molar-refractivity contribution in [3.63, 3.8) is 0 Å². The van der Waals surface area contributed by atoms with Crippen LogP contribution in [0.2, 0.25) is 21.1 Å². The summed E-state index contributed by atoms with van der Waals surface area (Å²) < 4.78 is 0. The van der Waals surface area contributed by atoms with Gasteiger partial charge < -0.3 is 40.2 Å². The van der Waals surface area contributed by atoms with Crippen LogP contribution in [0.4, 0.5) is 0 Å². The molecular weight excluding hydrogens is 364 g/mol. The van der Waals surface area contributed by atoms with Crippen LogP contribution in [0, 0.1) is 0 Å². The van der Waals surface area contributed by atoms with Gasteiger partial charge in [0, 0.05) is 0 Å². The van der Waals surface area contributed by atoms with Crippen molar-refractivity contribution in [3.05, 3.63) is 0 Å². The zero-order valence-electron chi connectivity index (χ0n) is 13.0. The van der Waals surface area contributed by atoms with Gasteiger partial charge in [-0.15, -0.1) is 0 Å². The minimum Gasteiger partial charge on any atom is -0.423 e. The molecule has 7 heteroatoms. The molecule has 0 saturated heterocycles. The molecule has 0 radical (unpaired) electrons. The number of halogens is 4. The Kier molecular flexibility index (Phi) is 22.4. The van der Waals surface area contributed by atoms with Crippen molar-refractivity contribution in [1.29, 1.82) is 0 Å². The van der Waals surface area contributed by atoms with Crippen LogP contribution in [0.5, 0.6) is 0 Å². The SMILES string of the molecule is CCC[CH2][Al-]([Cl])([Cl])[CH2]C.CCC[CH2][Al-]([Cl])([Cl])[CH2]C.[Mg+2]. The number of hydrogen-bond acceptors (Lipinski definition) is 0. The molecule has 0 fully saturated rings. The minimum absolute atomic E-state index is 0. The largest absolute Gasteiger partial charge is 2.00 e. The van der Waals surface area contributed by atoms with E-state index in [1.54, 1.807) is 0 Å². The van der Waals surface area contributed by atoms with Crippen molar-refractivity contribution in [1.82, 2.24) is 0 Å². The summed E-state index contributed by atoms with van der Waals surface area (Å²) in [5, 5.41) is 4.19. The summed E-state index contributed by atoms with van der Waals surface area (Å²) in [7, 11) is 24.1. The molecule has 0 bridgehead atoms. The molecule has 0 nitrogen and oxygen atoms in total. The van der Waals surface area contributed by atoms with Gasteiger partial charge in [0.05, 0.1) is 0 Å². The van der Waals surface area contributed by atoms with Crippen molar-refractivity contribution in [2.75, 3.05) is 0 Å². The van der Waals surface area contributed by atoms with E-state index in [4.69, 9.17) is 40.2 Å². The first kappa shape index (κ1) is 26.9. The van der Waals surface area contributed by atoms with Crippen LogP contribution in [-0.4, -0.2) is 45.5 Å². The standard InChI is InChI=1S/2C4H9.2C2H5.2Al.4ClH.Mg/c2*1-3-4-2;2*1-2;;;;;;;/h2*1,3-4H2,2H3;2*1H2,2H3;;;4*1H;/q;;;;2*+1;;;;;+2/p-4. The second-order valence-electron chi connectivity index (χ2n) is 5.08. The molecule has 0 spiro atoms. The van der Waals surface area contributed by atoms with Crippen LogP contribution in [0.15, 0.2) is 0 Å². The maximum absolute atomic E-state index is 6.03. The zero-order chi connectivity index (χ0) is 14.7. The first-order valence-corrected chi connectivity index (χ1v) is 17.6. The van der Waals surface area contributed by atoms with E-state index in [0.717, 1.165) is 21.1 Å². The number of rotatable bonds is 8. The van der Waals surface area contributed by atoms with E-state index in [1.165, 1.54) is 25.7 Å². The molecule has 0 saturated carbocycles. The van der Waals surface area contributed by atoms with Gasteiger partial charge in [-0.2, -0.15) is 21.1 Å². The summed E-state index contributed by atoms with van der Waals surface area (Å²) in [6, 6.07) is 0. The van der Waals surface area contributed by atoms with E-state index in [9.17, 15) is 0 Å². The summed E-state index contributed by atoms with van der Waals surface area (Å²) in [5.74, 6) is 0. The molecule has 112 valence electrons. The van der Waals surface area contributed by atoms with E-state index in [2.05, 4.69) is 27.7 Å². The van der Waals surface area contributed by atoms with Crippen LogP contribution in [0.25, 0.3) is 0 Å². The molecule has 0 amide bonds. The van der Waals surface area contributed by atoms with Crippen LogP contribution >= 0.6 is 40.2 Å². The summed E-state index contributed by atoms with van der Waals surface area (Å²) in [5.41, 5.74) is 0. The van der Waals surface area contributed by atoms with Crippen molar-refractivity contribution >= 4 is 85.7 Å². The van der Waals surface area contributed by atoms with Gasteiger partial charge in [0.1, 0.15) is 0 Å². The van der Waals surface area contributed by atoms with Crippen LogP contribution in [-0.2, 0) is 0 Å². The molecule has 0 aromatic heterocycles. The van der Waals surface area contributed by atoms with E-state index in [0.29, 0.717) is 0 Å². The Bertz CT molecular complexity index is 173. The van der Waals surface area contributed by atoms with Gasteiger partial charge in [-0.05, 0) is 0 Å². The fourth-order valence-corrected chi connectivity index (χ4v) is 6.09. The fourth-order valence-electron chi connectivity index (χ4n) is 1.41. The molecule has 0 aliphatic rings. The van der Waals surface area contributed by atoms with E-state index < -0.39 is 22.5 Å². The Morgan fingerprint density at radius 1 is 0.632 bits per heavy atom. The Morgan fingerprint density at radius 2 is 0.895 bits per heavy atom. The number of unbranched alkanes of at least 4 members (excludes halogenated alkanes) is 2. The summed E-state index contributed by atoms with van der Waals surface area (Å²) in [4.78, 5) is 0. The normalized spacial score (nSPS) is 11.4. The second kappa shape index (κ2) is 15.9.